The molecule has 10 heteroatoms. The van der Waals surface area contributed by atoms with E-state index >= 15 is 0 Å². The van der Waals surface area contributed by atoms with Crippen LogP contribution in [0.5, 0.6) is 0 Å². The van der Waals surface area contributed by atoms with Gasteiger partial charge in [0.25, 0.3) is 5.91 Å². The monoisotopic (exact) mass is 497 g/mol. The Hall–Kier alpha value is -3.04. The third-order valence-electron chi connectivity index (χ3n) is 6.28. The Morgan fingerprint density at radius 2 is 1.80 bits per heavy atom. The fourth-order valence-corrected chi connectivity index (χ4v) is 4.29. The van der Waals surface area contributed by atoms with Crippen LogP contribution in [0.1, 0.15) is 42.2 Å². The quantitative estimate of drug-likeness (QED) is 0.441. The number of amides is 1. The number of hydrogen-bond acceptors (Lipinski definition) is 8. The van der Waals surface area contributed by atoms with E-state index in [1.165, 1.54) is 11.8 Å². The molecule has 1 amide bonds. The number of nitrogens with zero attached hydrogens (tertiary/aromatic N) is 7. The molecule has 35 heavy (non-hydrogen) atoms. The van der Waals surface area contributed by atoms with Crippen molar-refractivity contribution >= 4 is 23.5 Å². The number of hydrogen-bond donors (Lipinski definition) is 0. The summed E-state index contributed by atoms with van der Waals surface area (Å²) in [5.74, 6) is 1.67. The van der Waals surface area contributed by atoms with Crippen LogP contribution in [0.4, 0.5) is 5.95 Å². The summed E-state index contributed by atoms with van der Waals surface area (Å²) in [4.78, 5) is 32.6. The van der Waals surface area contributed by atoms with Gasteiger partial charge in [-0.3, -0.25) is 9.69 Å². The molecule has 1 aliphatic heterocycles. The number of benzene rings is 1. The minimum Gasteiger partial charge on any atom is -0.341 e. The Bertz CT molecular complexity index is 1120. The first-order chi connectivity index (χ1) is 17.0. The molecule has 0 atom stereocenters. The molecular formula is C25H32ClN7O2. The summed E-state index contributed by atoms with van der Waals surface area (Å²) < 4.78 is 5.43. The summed E-state index contributed by atoms with van der Waals surface area (Å²) in [7, 11) is 0. The zero-order valence-electron chi connectivity index (χ0n) is 20.6. The van der Waals surface area contributed by atoms with E-state index in [4.69, 9.17) is 16.1 Å². The molecule has 0 bridgehead atoms. The van der Waals surface area contributed by atoms with E-state index in [-0.39, 0.29) is 16.6 Å². The van der Waals surface area contributed by atoms with Crippen LogP contribution in [0.15, 0.2) is 35.0 Å². The number of carbonyl (C=O) groups is 1. The van der Waals surface area contributed by atoms with E-state index in [2.05, 4.69) is 31.9 Å². The van der Waals surface area contributed by atoms with Crippen LogP contribution in [-0.4, -0.2) is 81.6 Å². The van der Waals surface area contributed by atoms with E-state index in [0.717, 1.165) is 51.1 Å². The Balaban J connectivity index is 1.25. The van der Waals surface area contributed by atoms with Gasteiger partial charge >= 0.3 is 0 Å². The van der Waals surface area contributed by atoms with Crippen LogP contribution in [0.25, 0.3) is 11.4 Å². The van der Waals surface area contributed by atoms with E-state index < -0.39 is 0 Å². The van der Waals surface area contributed by atoms with Crippen LogP contribution < -0.4 is 4.90 Å². The lowest BCUT2D eigenvalue weighted by atomic mass is 10.1. The van der Waals surface area contributed by atoms with Gasteiger partial charge in [0.1, 0.15) is 0 Å². The molecule has 0 radical (unpaired) electrons. The average molecular weight is 498 g/mol. The van der Waals surface area contributed by atoms with Gasteiger partial charge in [-0.15, -0.1) is 0 Å². The summed E-state index contributed by atoms with van der Waals surface area (Å²) in [5, 5.41) is 4.40. The van der Waals surface area contributed by atoms with Crippen molar-refractivity contribution in [1.29, 1.82) is 0 Å². The molecule has 0 saturated carbocycles. The van der Waals surface area contributed by atoms with Crippen molar-refractivity contribution in [2.75, 3.05) is 50.7 Å². The number of halogens is 1. The highest BCUT2D eigenvalue weighted by Crippen LogP contribution is 2.20. The number of piperazine rings is 1. The van der Waals surface area contributed by atoms with Crippen LogP contribution in [-0.2, 0) is 6.42 Å². The van der Waals surface area contributed by atoms with Crippen LogP contribution >= 0.6 is 11.6 Å². The predicted octanol–water partition coefficient (Wildman–Crippen LogP) is 3.73. The van der Waals surface area contributed by atoms with Gasteiger partial charge in [-0.2, -0.15) is 4.98 Å². The first-order valence-corrected chi connectivity index (χ1v) is 12.5. The zero-order valence-corrected chi connectivity index (χ0v) is 21.3. The van der Waals surface area contributed by atoms with Crippen LogP contribution in [0.2, 0.25) is 5.02 Å². The van der Waals surface area contributed by atoms with E-state index in [1.807, 2.05) is 47.9 Å². The standard InChI is InChI=1S/C25H32ClN7O2/c1-4-32(5-2)25-27-17-20(26)22(29-25)24(34)33-15-13-31(14-16-33)12-6-7-21-28-23(30-35-21)19-10-8-18(3)9-11-19/h8-11,17H,4-7,12-16H2,1-3H3. The van der Waals surface area contributed by atoms with Gasteiger partial charge in [-0.05, 0) is 33.7 Å². The van der Waals surface area contributed by atoms with Gasteiger partial charge in [-0.1, -0.05) is 46.6 Å². The summed E-state index contributed by atoms with van der Waals surface area (Å²) in [6, 6.07) is 8.09. The second-order valence-corrected chi connectivity index (χ2v) is 9.06. The Morgan fingerprint density at radius 1 is 1.09 bits per heavy atom. The maximum Gasteiger partial charge on any atom is 0.274 e. The lowest BCUT2D eigenvalue weighted by molar-refractivity contribution is 0.0630. The average Bonchev–Trinajstić information content (AvgIpc) is 3.35. The van der Waals surface area contributed by atoms with Crippen molar-refractivity contribution in [1.82, 2.24) is 29.9 Å². The molecule has 1 aromatic carbocycles. The Labute approximate surface area is 211 Å². The summed E-state index contributed by atoms with van der Waals surface area (Å²) in [6.07, 6.45) is 3.16. The molecule has 3 aromatic rings. The molecule has 0 unspecified atom stereocenters. The summed E-state index contributed by atoms with van der Waals surface area (Å²) in [5.41, 5.74) is 2.43. The van der Waals surface area contributed by atoms with Crippen molar-refractivity contribution in [2.24, 2.45) is 0 Å². The first kappa shape index (κ1) is 25.1. The molecule has 1 aliphatic rings. The molecule has 2 aromatic heterocycles. The number of aromatic nitrogens is 4. The first-order valence-electron chi connectivity index (χ1n) is 12.2. The molecule has 0 N–H and O–H groups in total. The highest BCUT2D eigenvalue weighted by molar-refractivity contribution is 6.33. The molecule has 1 fully saturated rings. The molecule has 0 spiro atoms. The third kappa shape index (κ3) is 6.15. The molecule has 9 nitrogen and oxygen atoms in total. The topological polar surface area (TPSA) is 91.5 Å². The van der Waals surface area contributed by atoms with E-state index in [1.54, 1.807) is 0 Å². The lowest BCUT2D eigenvalue weighted by Crippen LogP contribution is -2.49. The second kappa shape index (κ2) is 11.6. The maximum absolute atomic E-state index is 13.1. The normalized spacial score (nSPS) is 14.3. The SMILES string of the molecule is CCN(CC)c1ncc(Cl)c(C(=O)N2CCN(CCCc3nc(-c4ccc(C)cc4)no3)CC2)n1. The lowest BCUT2D eigenvalue weighted by Gasteiger charge is -2.34. The largest absolute Gasteiger partial charge is 0.341 e. The Morgan fingerprint density at radius 3 is 2.49 bits per heavy atom. The minimum absolute atomic E-state index is 0.139. The molecular weight excluding hydrogens is 466 g/mol. The Kier molecular flexibility index (Phi) is 8.30. The van der Waals surface area contributed by atoms with Crippen molar-refractivity contribution in [3.63, 3.8) is 0 Å². The highest BCUT2D eigenvalue weighted by atomic mass is 35.5. The molecule has 4 rings (SSSR count). The number of rotatable bonds is 9. The number of carbonyl (C=O) groups excluding carboxylic acids is 1. The van der Waals surface area contributed by atoms with Crippen molar-refractivity contribution in [3.05, 3.63) is 52.6 Å². The number of anilines is 1. The highest BCUT2D eigenvalue weighted by Gasteiger charge is 2.25. The van der Waals surface area contributed by atoms with Gasteiger partial charge in [0.05, 0.1) is 11.2 Å². The van der Waals surface area contributed by atoms with Gasteiger partial charge in [-0.25, -0.2) is 9.97 Å². The third-order valence-corrected chi connectivity index (χ3v) is 6.56. The van der Waals surface area contributed by atoms with Gasteiger partial charge in [0.15, 0.2) is 5.69 Å². The van der Waals surface area contributed by atoms with Crippen molar-refractivity contribution in [2.45, 2.75) is 33.6 Å². The molecule has 0 aliphatic carbocycles. The second-order valence-electron chi connectivity index (χ2n) is 8.65. The van der Waals surface area contributed by atoms with Crippen molar-refractivity contribution in [3.8, 4) is 11.4 Å². The zero-order chi connectivity index (χ0) is 24.8. The van der Waals surface area contributed by atoms with Crippen LogP contribution in [0, 0.1) is 6.92 Å². The fourth-order valence-electron chi connectivity index (χ4n) is 4.12. The number of aryl methyl sites for hydroxylation is 2. The smallest absolute Gasteiger partial charge is 0.274 e. The van der Waals surface area contributed by atoms with Gasteiger partial charge in [0.2, 0.25) is 17.7 Å². The molecule has 1 saturated heterocycles. The van der Waals surface area contributed by atoms with Crippen LogP contribution in [0.3, 0.4) is 0 Å². The van der Waals surface area contributed by atoms with Gasteiger partial charge in [0, 0.05) is 51.3 Å². The fraction of sp³-hybridized carbons (Fsp3) is 0.480. The van der Waals surface area contributed by atoms with Crippen molar-refractivity contribution < 1.29 is 9.32 Å². The van der Waals surface area contributed by atoms with E-state index in [0.29, 0.717) is 30.8 Å². The summed E-state index contributed by atoms with van der Waals surface area (Å²) >= 11 is 6.28. The predicted molar refractivity (Wildman–Crippen MR) is 136 cm³/mol. The van der Waals surface area contributed by atoms with Gasteiger partial charge < -0.3 is 14.3 Å². The maximum atomic E-state index is 13.1. The summed E-state index contributed by atoms with van der Waals surface area (Å²) in [6.45, 7) is 11.4. The van der Waals surface area contributed by atoms with E-state index in [9.17, 15) is 4.79 Å². The minimum atomic E-state index is -0.139. The molecule has 186 valence electrons. The molecule has 3 heterocycles.